The quantitative estimate of drug-likeness (QED) is 0.674. The number of carbonyl (C=O) groups excluding carboxylic acids is 1. The van der Waals surface area contributed by atoms with Crippen LogP contribution in [0.1, 0.15) is 59.8 Å². The highest BCUT2D eigenvalue weighted by Gasteiger charge is 2.36. The molecule has 0 saturated carbocycles. The molecule has 3 unspecified atom stereocenters. The number of carboxylic acids is 2. The minimum Gasteiger partial charge on any atom is -0.481 e. The summed E-state index contributed by atoms with van der Waals surface area (Å²) in [5.74, 6) is -2.57. The van der Waals surface area contributed by atoms with Crippen LogP contribution in [0.3, 0.4) is 0 Å². The van der Waals surface area contributed by atoms with Gasteiger partial charge in [0.1, 0.15) is 6.04 Å². The van der Waals surface area contributed by atoms with Gasteiger partial charge in [0.15, 0.2) is 0 Å². The number of hydrogen-bond acceptors (Lipinski definition) is 3. The molecule has 0 saturated heterocycles. The lowest BCUT2D eigenvalue weighted by atomic mass is 9.76. The molecule has 0 radical (unpaired) electrons. The van der Waals surface area contributed by atoms with Crippen molar-refractivity contribution in [3.8, 4) is 0 Å². The molecule has 3 atom stereocenters. The van der Waals surface area contributed by atoms with E-state index in [0.717, 1.165) is 12.8 Å². The number of rotatable bonds is 5. The molecule has 23 heavy (non-hydrogen) atoms. The summed E-state index contributed by atoms with van der Waals surface area (Å²) < 4.78 is 0. The van der Waals surface area contributed by atoms with Crippen LogP contribution in [0, 0.1) is 11.3 Å². The third-order valence-electron chi connectivity index (χ3n) is 4.01. The van der Waals surface area contributed by atoms with Crippen LogP contribution in [0.5, 0.6) is 0 Å². The van der Waals surface area contributed by atoms with E-state index in [4.69, 9.17) is 10.2 Å². The molecule has 6 nitrogen and oxygen atoms in total. The zero-order valence-corrected chi connectivity index (χ0v) is 14.5. The molecular weight excluding hydrogens is 298 g/mol. The summed E-state index contributed by atoms with van der Waals surface area (Å²) in [6, 6.07) is -1.38. The van der Waals surface area contributed by atoms with E-state index in [2.05, 4.69) is 18.3 Å². The van der Waals surface area contributed by atoms with Crippen LogP contribution in [0.25, 0.3) is 0 Å². The Morgan fingerprint density at radius 1 is 1.26 bits per heavy atom. The van der Waals surface area contributed by atoms with Crippen LogP contribution in [-0.4, -0.2) is 34.1 Å². The van der Waals surface area contributed by atoms with Gasteiger partial charge in [0.2, 0.25) is 5.91 Å². The highest BCUT2D eigenvalue weighted by atomic mass is 16.4. The van der Waals surface area contributed by atoms with Gasteiger partial charge in [-0.25, -0.2) is 4.79 Å². The highest BCUT2D eigenvalue weighted by Crippen LogP contribution is 2.33. The molecule has 1 rings (SSSR count). The van der Waals surface area contributed by atoms with E-state index >= 15 is 0 Å². The lowest BCUT2D eigenvalue weighted by molar-refractivity contribution is -0.148. The predicted molar refractivity (Wildman–Crippen MR) is 88.0 cm³/mol. The maximum atomic E-state index is 12.4. The fourth-order valence-corrected chi connectivity index (χ4v) is 2.43. The van der Waals surface area contributed by atoms with E-state index in [-0.39, 0.29) is 5.91 Å². The number of nitrogens with one attached hydrogen (secondary N) is 1. The van der Waals surface area contributed by atoms with Gasteiger partial charge in [-0.05, 0) is 31.6 Å². The Hall–Kier alpha value is -1.85. The fourth-order valence-electron chi connectivity index (χ4n) is 2.43. The Balaban J connectivity index is 0.00000232. The summed E-state index contributed by atoms with van der Waals surface area (Å²) in [4.78, 5) is 34.1. The molecule has 6 heteroatoms. The summed E-state index contributed by atoms with van der Waals surface area (Å²) in [5.41, 5.74) is -0.661. The third-order valence-corrected chi connectivity index (χ3v) is 4.01. The highest BCUT2D eigenvalue weighted by molar-refractivity contribution is 5.89. The predicted octanol–water partition coefficient (Wildman–Crippen LogP) is 2.83. The van der Waals surface area contributed by atoms with Crippen molar-refractivity contribution in [3.63, 3.8) is 0 Å². The van der Waals surface area contributed by atoms with Gasteiger partial charge in [0.25, 0.3) is 0 Å². The SMILES string of the molecule is CC.CC1/C=C/CCC(C)(C(=O)NC(CC(=O)O)C(=O)O)CC1. The van der Waals surface area contributed by atoms with Crippen molar-refractivity contribution in [1.82, 2.24) is 5.32 Å². The van der Waals surface area contributed by atoms with Gasteiger partial charge in [-0.2, -0.15) is 0 Å². The molecule has 0 aromatic carbocycles. The molecule has 132 valence electrons. The number of aliphatic carboxylic acids is 2. The average molecular weight is 327 g/mol. The van der Waals surface area contributed by atoms with Crippen molar-refractivity contribution < 1.29 is 24.6 Å². The molecule has 1 aliphatic rings. The summed E-state index contributed by atoms with van der Waals surface area (Å²) in [7, 11) is 0. The maximum absolute atomic E-state index is 12.4. The lowest BCUT2D eigenvalue weighted by Gasteiger charge is -2.31. The summed E-state index contributed by atoms with van der Waals surface area (Å²) in [5, 5.41) is 20.1. The molecule has 0 bridgehead atoms. The molecule has 0 aliphatic heterocycles. The van der Waals surface area contributed by atoms with Crippen LogP contribution in [0.15, 0.2) is 12.2 Å². The minimum absolute atomic E-state index is 0.376. The van der Waals surface area contributed by atoms with Crippen LogP contribution in [-0.2, 0) is 14.4 Å². The summed E-state index contributed by atoms with van der Waals surface area (Å²) in [6.07, 6.45) is 6.43. The van der Waals surface area contributed by atoms with Crippen LogP contribution in [0.4, 0.5) is 0 Å². The maximum Gasteiger partial charge on any atom is 0.326 e. The Kier molecular flexibility index (Phi) is 9.22. The van der Waals surface area contributed by atoms with E-state index in [1.807, 2.05) is 26.8 Å². The largest absolute Gasteiger partial charge is 0.481 e. The Morgan fingerprint density at radius 2 is 1.87 bits per heavy atom. The van der Waals surface area contributed by atoms with Crippen molar-refractivity contribution in [3.05, 3.63) is 12.2 Å². The zero-order chi connectivity index (χ0) is 18.0. The second kappa shape index (κ2) is 10.0. The van der Waals surface area contributed by atoms with Gasteiger partial charge in [0.05, 0.1) is 6.42 Å². The monoisotopic (exact) mass is 327 g/mol. The van der Waals surface area contributed by atoms with E-state index in [1.165, 1.54) is 0 Å². The third kappa shape index (κ3) is 7.30. The van der Waals surface area contributed by atoms with Crippen molar-refractivity contribution in [1.29, 1.82) is 0 Å². The van der Waals surface area contributed by atoms with Gasteiger partial charge in [-0.1, -0.05) is 39.8 Å². The fraction of sp³-hybridized carbons (Fsp3) is 0.706. The molecule has 0 aromatic rings. The van der Waals surface area contributed by atoms with Gasteiger partial charge >= 0.3 is 11.9 Å². The summed E-state index contributed by atoms with van der Waals surface area (Å²) in [6.45, 7) is 7.89. The van der Waals surface area contributed by atoms with Gasteiger partial charge < -0.3 is 15.5 Å². The van der Waals surface area contributed by atoms with E-state index in [9.17, 15) is 14.4 Å². The number of carboxylic acid groups (broad SMARTS) is 2. The second-order valence-corrected chi connectivity index (χ2v) is 6.01. The Morgan fingerprint density at radius 3 is 2.39 bits per heavy atom. The molecule has 0 heterocycles. The van der Waals surface area contributed by atoms with Crippen molar-refractivity contribution in [2.45, 2.75) is 65.8 Å². The Labute approximate surface area is 138 Å². The van der Waals surface area contributed by atoms with E-state index < -0.39 is 29.8 Å². The van der Waals surface area contributed by atoms with Gasteiger partial charge in [-0.15, -0.1) is 0 Å². The average Bonchev–Trinajstić information content (AvgIpc) is 2.48. The number of allylic oxidation sites excluding steroid dienone is 2. The minimum atomic E-state index is -1.38. The van der Waals surface area contributed by atoms with Crippen LogP contribution >= 0.6 is 0 Å². The standard InChI is InChI=1S/C15H23NO5.C2H6/c1-10-5-3-4-7-15(2,8-6-10)14(21)16-11(13(19)20)9-12(17)18;1-2/h3,5,10-11H,4,6-9H2,1-2H3,(H,16,21)(H,17,18)(H,19,20);1-2H3/b5-3+;. The first kappa shape index (κ1) is 21.1. The lowest BCUT2D eigenvalue weighted by Crippen LogP contribution is -2.48. The van der Waals surface area contributed by atoms with Crippen molar-refractivity contribution >= 4 is 17.8 Å². The van der Waals surface area contributed by atoms with E-state index in [0.29, 0.717) is 18.8 Å². The van der Waals surface area contributed by atoms with Crippen LogP contribution in [0.2, 0.25) is 0 Å². The smallest absolute Gasteiger partial charge is 0.326 e. The number of carbonyl (C=O) groups is 3. The molecule has 1 amide bonds. The molecule has 0 aromatic heterocycles. The molecule has 3 N–H and O–H groups in total. The first-order valence-electron chi connectivity index (χ1n) is 8.17. The molecular formula is C17H29NO5. The summed E-state index contributed by atoms with van der Waals surface area (Å²) >= 11 is 0. The normalized spacial score (nSPS) is 26.5. The second-order valence-electron chi connectivity index (χ2n) is 6.01. The number of amides is 1. The first-order chi connectivity index (χ1) is 10.7. The van der Waals surface area contributed by atoms with E-state index in [1.54, 1.807) is 0 Å². The zero-order valence-electron chi connectivity index (χ0n) is 14.5. The topological polar surface area (TPSA) is 104 Å². The van der Waals surface area contributed by atoms with Crippen LogP contribution < -0.4 is 5.32 Å². The Bertz CT molecular complexity index is 446. The van der Waals surface area contributed by atoms with Gasteiger partial charge in [-0.3, -0.25) is 9.59 Å². The van der Waals surface area contributed by atoms with Crippen molar-refractivity contribution in [2.75, 3.05) is 0 Å². The van der Waals surface area contributed by atoms with Gasteiger partial charge in [0, 0.05) is 5.41 Å². The molecule has 1 aliphatic carbocycles. The number of hydrogen-bond donors (Lipinski definition) is 3. The molecule has 0 spiro atoms. The van der Waals surface area contributed by atoms with Crippen molar-refractivity contribution in [2.24, 2.45) is 11.3 Å². The molecule has 0 fully saturated rings. The first-order valence-corrected chi connectivity index (χ1v) is 8.17.